The Labute approximate surface area is 163 Å². The summed E-state index contributed by atoms with van der Waals surface area (Å²) in [5, 5.41) is 0. The molecule has 1 aliphatic rings. The Kier molecular flexibility index (Phi) is 5.31. The van der Waals surface area contributed by atoms with Crippen molar-refractivity contribution in [2.75, 3.05) is 31.0 Å². The van der Waals surface area contributed by atoms with Crippen LogP contribution in [0.25, 0.3) is 6.08 Å². The van der Waals surface area contributed by atoms with Gasteiger partial charge in [-0.3, -0.25) is 9.69 Å². The summed E-state index contributed by atoms with van der Waals surface area (Å²) in [4.78, 5) is 28.9. The van der Waals surface area contributed by atoms with Crippen molar-refractivity contribution < 1.29 is 18.7 Å². The Morgan fingerprint density at radius 1 is 1.07 bits per heavy atom. The number of benzene rings is 2. The van der Waals surface area contributed by atoms with Crippen LogP contribution in [0.1, 0.15) is 12.5 Å². The third-order valence-corrected chi connectivity index (χ3v) is 4.59. The van der Waals surface area contributed by atoms with Gasteiger partial charge < -0.3 is 9.64 Å². The first-order chi connectivity index (χ1) is 13.3. The van der Waals surface area contributed by atoms with Crippen molar-refractivity contribution >= 4 is 29.3 Å². The van der Waals surface area contributed by atoms with Crippen molar-refractivity contribution in [3.63, 3.8) is 0 Å². The molecule has 0 spiro atoms. The molecule has 28 heavy (non-hydrogen) atoms. The minimum absolute atomic E-state index is 0.202. The lowest BCUT2D eigenvalue weighted by atomic mass is 10.0. The van der Waals surface area contributed by atoms with E-state index in [0.717, 1.165) is 11.3 Å². The van der Waals surface area contributed by atoms with E-state index in [1.54, 1.807) is 13.0 Å². The molecule has 6 heteroatoms. The maximum atomic E-state index is 13.3. The van der Waals surface area contributed by atoms with Crippen molar-refractivity contribution in [3.05, 3.63) is 76.8 Å². The van der Waals surface area contributed by atoms with Crippen LogP contribution in [0.15, 0.2) is 65.4 Å². The molecule has 0 atom stereocenters. The summed E-state index contributed by atoms with van der Waals surface area (Å²) in [7, 11) is 5.16. The van der Waals surface area contributed by atoms with E-state index >= 15 is 0 Å². The molecule has 0 fully saturated rings. The predicted octanol–water partition coefficient (Wildman–Crippen LogP) is 3.77. The molecule has 0 unspecified atom stereocenters. The largest absolute Gasteiger partial charge is 0.465 e. The van der Waals surface area contributed by atoms with Gasteiger partial charge in [-0.15, -0.1) is 0 Å². The standard InChI is InChI=1S/C22H21FN2O3/c1-14-20(22(27)28-4)19(13-15-5-9-17(10-6-15)24(2)3)21(26)25(14)18-11-7-16(23)8-12-18/h5-13H,1-4H3/b19-13-. The molecule has 0 aliphatic carbocycles. The fourth-order valence-electron chi connectivity index (χ4n) is 3.12. The molecule has 2 aromatic rings. The molecule has 1 amide bonds. The van der Waals surface area contributed by atoms with E-state index in [4.69, 9.17) is 4.74 Å². The fraction of sp³-hybridized carbons (Fsp3) is 0.182. The summed E-state index contributed by atoms with van der Waals surface area (Å²) in [5.74, 6) is -1.35. The zero-order valence-corrected chi connectivity index (χ0v) is 16.2. The third kappa shape index (κ3) is 3.53. The van der Waals surface area contributed by atoms with Crippen molar-refractivity contribution in [1.82, 2.24) is 0 Å². The lowest BCUT2D eigenvalue weighted by molar-refractivity contribution is -0.136. The molecule has 3 rings (SSSR count). The molecule has 0 aromatic heterocycles. The number of hydrogen-bond acceptors (Lipinski definition) is 4. The lowest BCUT2D eigenvalue weighted by Gasteiger charge is -2.17. The molecule has 0 N–H and O–H groups in total. The maximum Gasteiger partial charge on any atom is 0.340 e. The van der Waals surface area contributed by atoms with Crippen molar-refractivity contribution in [2.45, 2.75) is 6.92 Å². The molecule has 0 radical (unpaired) electrons. The third-order valence-electron chi connectivity index (χ3n) is 4.59. The summed E-state index contributed by atoms with van der Waals surface area (Å²) in [6, 6.07) is 13.2. The predicted molar refractivity (Wildman–Crippen MR) is 107 cm³/mol. The summed E-state index contributed by atoms with van der Waals surface area (Å²) in [6.07, 6.45) is 1.67. The maximum absolute atomic E-state index is 13.3. The summed E-state index contributed by atoms with van der Waals surface area (Å²) < 4.78 is 18.2. The van der Waals surface area contributed by atoms with Crippen LogP contribution < -0.4 is 9.80 Å². The number of amides is 1. The van der Waals surface area contributed by atoms with Crippen LogP contribution in [0.5, 0.6) is 0 Å². The Bertz CT molecular complexity index is 974. The van der Waals surface area contributed by atoms with E-state index in [1.807, 2.05) is 43.3 Å². The number of anilines is 2. The summed E-state index contributed by atoms with van der Waals surface area (Å²) >= 11 is 0. The van der Waals surface area contributed by atoms with Gasteiger partial charge >= 0.3 is 5.97 Å². The highest BCUT2D eigenvalue weighted by atomic mass is 19.1. The van der Waals surface area contributed by atoms with Crippen LogP contribution in [0.2, 0.25) is 0 Å². The Morgan fingerprint density at radius 2 is 1.68 bits per heavy atom. The molecular weight excluding hydrogens is 359 g/mol. The quantitative estimate of drug-likeness (QED) is 0.599. The molecule has 0 bridgehead atoms. The zero-order valence-electron chi connectivity index (χ0n) is 16.2. The number of ether oxygens (including phenoxy) is 1. The topological polar surface area (TPSA) is 49.9 Å². The molecule has 2 aromatic carbocycles. The number of hydrogen-bond donors (Lipinski definition) is 0. The van der Waals surface area contributed by atoms with Gasteiger partial charge in [0, 0.05) is 31.2 Å². The second kappa shape index (κ2) is 7.68. The first kappa shape index (κ1) is 19.4. The summed E-state index contributed by atoms with van der Waals surface area (Å²) in [6.45, 7) is 1.67. The lowest BCUT2D eigenvalue weighted by Crippen LogP contribution is -2.24. The van der Waals surface area contributed by atoms with Gasteiger partial charge in [0.2, 0.25) is 0 Å². The average Bonchev–Trinajstić information content (AvgIpc) is 2.92. The van der Waals surface area contributed by atoms with Gasteiger partial charge in [-0.1, -0.05) is 12.1 Å². The SMILES string of the molecule is COC(=O)C1=C(C)N(c2ccc(F)cc2)C(=O)/C1=C\c1ccc(N(C)C)cc1. The van der Waals surface area contributed by atoms with Gasteiger partial charge in [-0.25, -0.2) is 9.18 Å². The number of carbonyl (C=O) groups is 2. The van der Waals surface area contributed by atoms with E-state index in [2.05, 4.69) is 0 Å². The van der Waals surface area contributed by atoms with Crippen molar-refractivity contribution in [1.29, 1.82) is 0 Å². The van der Waals surface area contributed by atoms with Crippen molar-refractivity contribution in [3.8, 4) is 0 Å². The van der Waals surface area contributed by atoms with E-state index in [-0.39, 0.29) is 17.1 Å². The van der Waals surface area contributed by atoms with Gasteiger partial charge in [0.1, 0.15) is 5.82 Å². The van der Waals surface area contributed by atoms with E-state index in [0.29, 0.717) is 11.4 Å². The molecule has 5 nitrogen and oxygen atoms in total. The normalized spacial score (nSPS) is 15.4. The van der Waals surface area contributed by atoms with Gasteiger partial charge in [0.05, 0.1) is 18.3 Å². The Hall–Kier alpha value is -3.41. The Morgan fingerprint density at radius 3 is 2.21 bits per heavy atom. The monoisotopic (exact) mass is 380 g/mol. The minimum atomic E-state index is -0.591. The molecule has 0 saturated heterocycles. The smallest absolute Gasteiger partial charge is 0.340 e. The number of esters is 1. The number of methoxy groups -OCH3 is 1. The molecular formula is C22H21FN2O3. The van der Waals surface area contributed by atoms with Crippen LogP contribution in [0.4, 0.5) is 15.8 Å². The Balaban J connectivity index is 2.07. The van der Waals surface area contributed by atoms with Gasteiger partial charge in [0.15, 0.2) is 0 Å². The zero-order chi connectivity index (χ0) is 20.4. The van der Waals surface area contributed by atoms with E-state index in [9.17, 15) is 14.0 Å². The number of rotatable bonds is 4. The first-order valence-corrected chi connectivity index (χ1v) is 8.72. The highest BCUT2D eigenvalue weighted by molar-refractivity contribution is 6.23. The second-order valence-corrected chi connectivity index (χ2v) is 6.61. The van der Waals surface area contributed by atoms with Gasteiger partial charge in [-0.2, -0.15) is 0 Å². The van der Waals surface area contributed by atoms with Crippen LogP contribution >= 0.6 is 0 Å². The van der Waals surface area contributed by atoms with E-state index < -0.39 is 11.8 Å². The molecule has 144 valence electrons. The highest BCUT2D eigenvalue weighted by Gasteiger charge is 2.37. The van der Waals surface area contributed by atoms with Crippen LogP contribution in [0.3, 0.4) is 0 Å². The van der Waals surface area contributed by atoms with E-state index in [1.165, 1.54) is 36.3 Å². The van der Waals surface area contributed by atoms with Crippen LogP contribution in [-0.2, 0) is 14.3 Å². The average molecular weight is 380 g/mol. The number of allylic oxidation sites excluding steroid dienone is 1. The minimum Gasteiger partial charge on any atom is -0.465 e. The van der Waals surface area contributed by atoms with Crippen LogP contribution in [-0.4, -0.2) is 33.1 Å². The molecule has 0 saturated carbocycles. The highest BCUT2D eigenvalue weighted by Crippen LogP contribution is 2.35. The second-order valence-electron chi connectivity index (χ2n) is 6.61. The number of carbonyl (C=O) groups excluding carboxylic acids is 2. The van der Waals surface area contributed by atoms with Crippen LogP contribution in [0, 0.1) is 5.82 Å². The molecule has 1 heterocycles. The number of nitrogens with zero attached hydrogens (tertiary/aromatic N) is 2. The first-order valence-electron chi connectivity index (χ1n) is 8.72. The molecule has 1 aliphatic heterocycles. The number of halogens is 1. The van der Waals surface area contributed by atoms with Crippen molar-refractivity contribution in [2.24, 2.45) is 0 Å². The van der Waals surface area contributed by atoms with Gasteiger partial charge in [-0.05, 0) is 55.0 Å². The fourth-order valence-corrected chi connectivity index (χ4v) is 3.12. The summed E-state index contributed by atoms with van der Waals surface area (Å²) in [5.41, 5.74) is 3.17. The van der Waals surface area contributed by atoms with Gasteiger partial charge in [0.25, 0.3) is 5.91 Å².